The Morgan fingerprint density at radius 2 is 1.76 bits per heavy atom. The molecule has 174 valence electrons. The monoisotopic (exact) mass is 471 g/mol. The van der Waals surface area contributed by atoms with Crippen LogP contribution in [0.3, 0.4) is 0 Å². The molecule has 1 unspecified atom stereocenters. The number of hydrogen-bond donors (Lipinski definition) is 2. The molecule has 3 aromatic carbocycles. The summed E-state index contributed by atoms with van der Waals surface area (Å²) in [6.07, 6.45) is 0. The van der Waals surface area contributed by atoms with Gasteiger partial charge in [-0.2, -0.15) is 0 Å². The van der Waals surface area contributed by atoms with Gasteiger partial charge >= 0.3 is 0 Å². The molecule has 0 bridgehead atoms. The Hall–Kier alpha value is -3.43. The largest absolute Gasteiger partial charge is 0.497 e. The van der Waals surface area contributed by atoms with Crippen LogP contribution in [0.2, 0.25) is 0 Å². The van der Waals surface area contributed by atoms with Crippen molar-refractivity contribution in [1.82, 2.24) is 10.2 Å². The molecule has 0 aliphatic carbocycles. The van der Waals surface area contributed by atoms with E-state index in [1.165, 1.54) is 42.5 Å². The molecule has 0 fully saturated rings. The molecule has 0 saturated carbocycles. The van der Waals surface area contributed by atoms with Gasteiger partial charge in [-0.15, -0.1) is 0 Å². The third kappa shape index (κ3) is 6.09. The maximum atomic E-state index is 13.9. The Morgan fingerprint density at radius 1 is 1.03 bits per heavy atom. The molecule has 0 saturated heterocycles. The van der Waals surface area contributed by atoms with Gasteiger partial charge in [0.15, 0.2) is 0 Å². The van der Waals surface area contributed by atoms with E-state index < -0.39 is 21.7 Å². The summed E-state index contributed by atoms with van der Waals surface area (Å²) in [5, 5.41) is 2.86. The number of anilines is 1. The zero-order valence-corrected chi connectivity index (χ0v) is 19.4. The van der Waals surface area contributed by atoms with Crippen molar-refractivity contribution in [3.05, 3.63) is 89.7 Å². The lowest BCUT2D eigenvalue weighted by Crippen LogP contribution is -2.34. The van der Waals surface area contributed by atoms with Crippen molar-refractivity contribution >= 4 is 21.6 Å². The van der Waals surface area contributed by atoms with Crippen LogP contribution in [-0.4, -0.2) is 47.0 Å². The van der Waals surface area contributed by atoms with Gasteiger partial charge in [-0.25, -0.2) is 12.8 Å². The number of amides is 1. The molecule has 1 atom stereocenters. The molecule has 33 heavy (non-hydrogen) atoms. The standard InChI is InChI=1S/C24H26FN3O4S/c1-28(2)23(17-8-6-10-19(14-17)32-3)16-26-24(29)18-9-7-11-20(15-18)33(30,31)27-22-13-5-4-12-21(22)25/h4-15,23,27H,16H2,1-3H3,(H,26,29). The van der Waals surface area contributed by atoms with Crippen molar-refractivity contribution in [2.24, 2.45) is 0 Å². The number of hydrogen-bond acceptors (Lipinski definition) is 5. The molecule has 0 aliphatic rings. The number of carbonyl (C=O) groups is 1. The first-order chi connectivity index (χ1) is 15.7. The highest BCUT2D eigenvalue weighted by molar-refractivity contribution is 7.92. The van der Waals surface area contributed by atoms with E-state index in [0.29, 0.717) is 12.3 Å². The van der Waals surface area contributed by atoms with Crippen molar-refractivity contribution in [2.75, 3.05) is 32.5 Å². The van der Waals surface area contributed by atoms with Crippen LogP contribution in [0, 0.1) is 5.82 Å². The van der Waals surface area contributed by atoms with Crippen LogP contribution in [0.25, 0.3) is 0 Å². The van der Waals surface area contributed by atoms with E-state index in [1.54, 1.807) is 7.11 Å². The van der Waals surface area contributed by atoms with Gasteiger partial charge in [0, 0.05) is 12.1 Å². The molecule has 0 aliphatic heterocycles. The van der Waals surface area contributed by atoms with E-state index >= 15 is 0 Å². The van der Waals surface area contributed by atoms with E-state index in [2.05, 4.69) is 10.0 Å². The molecule has 0 heterocycles. The fourth-order valence-corrected chi connectivity index (χ4v) is 4.40. The van der Waals surface area contributed by atoms with E-state index in [1.807, 2.05) is 43.3 Å². The van der Waals surface area contributed by atoms with E-state index in [9.17, 15) is 17.6 Å². The van der Waals surface area contributed by atoms with Crippen molar-refractivity contribution in [2.45, 2.75) is 10.9 Å². The van der Waals surface area contributed by atoms with Gasteiger partial charge in [0.05, 0.1) is 23.7 Å². The van der Waals surface area contributed by atoms with Gasteiger partial charge in [-0.05, 0) is 62.1 Å². The summed E-state index contributed by atoms with van der Waals surface area (Å²) in [5.74, 6) is -0.402. The quantitative estimate of drug-likeness (QED) is 0.497. The zero-order valence-electron chi connectivity index (χ0n) is 18.6. The number of carbonyl (C=O) groups excluding carboxylic acids is 1. The van der Waals surface area contributed by atoms with E-state index in [0.717, 1.165) is 11.6 Å². The number of ether oxygens (including phenoxy) is 1. The highest BCUT2D eigenvalue weighted by atomic mass is 32.2. The molecular formula is C24H26FN3O4S. The lowest BCUT2D eigenvalue weighted by molar-refractivity contribution is 0.0941. The highest BCUT2D eigenvalue weighted by Crippen LogP contribution is 2.23. The normalized spacial score (nSPS) is 12.3. The average Bonchev–Trinajstić information content (AvgIpc) is 2.80. The third-order valence-corrected chi connectivity index (χ3v) is 6.45. The number of likely N-dealkylation sites (N-methyl/N-ethyl adjacent to an activating group) is 1. The summed E-state index contributed by atoms with van der Waals surface area (Å²) in [5.41, 5.74) is 0.971. The smallest absolute Gasteiger partial charge is 0.262 e. The second kappa shape index (κ2) is 10.5. The summed E-state index contributed by atoms with van der Waals surface area (Å²) in [6, 6.07) is 18.5. The summed E-state index contributed by atoms with van der Waals surface area (Å²) < 4.78 is 46.8. The molecule has 2 N–H and O–H groups in total. The van der Waals surface area contributed by atoms with Crippen LogP contribution in [0.4, 0.5) is 10.1 Å². The SMILES string of the molecule is COc1cccc(C(CNC(=O)c2cccc(S(=O)(=O)Nc3ccccc3F)c2)N(C)C)c1. The Labute approximate surface area is 193 Å². The predicted molar refractivity (Wildman–Crippen MR) is 125 cm³/mol. The Morgan fingerprint density at radius 3 is 2.45 bits per heavy atom. The second-order valence-corrected chi connectivity index (χ2v) is 9.26. The lowest BCUT2D eigenvalue weighted by atomic mass is 10.1. The number of sulfonamides is 1. The first-order valence-electron chi connectivity index (χ1n) is 10.2. The highest BCUT2D eigenvalue weighted by Gasteiger charge is 2.20. The minimum absolute atomic E-state index is 0.126. The minimum atomic E-state index is -4.08. The molecule has 7 nitrogen and oxygen atoms in total. The van der Waals surface area contributed by atoms with Crippen LogP contribution < -0.4 is 14.8 Å². The van der Waals surface area contributed by atoms with Crippen LogP contribution in [0.1, 0.15) is 22.0 Å². The topological polar surface area (TPSA) is 87.7 Å². The molecule has 0 radical (unpaired) electrons. The summed E-state index contributed by atoms with van der Waals surface area (Å²) >= 11 is 0. The fourth-order valence-electron chi connectivity index (χ4n) is 3.29. The van der Waals surface area contributed by atoms with Gasteiger partial charge in [-0.1, -0.05) is 30.3 Å². The van der Waals surface area contributed by atoms with Crippen LogP contribution in [0.15, 0.2) is 77.7 Å². The van der Waals surface area contributed by atoms with Crippen molar-refractivity contribution in [3.8, 4) is 5.75 Å². The minimum Gasteiger partial charge on any atom is -0.497 e. The fraction of sp³-hybridized carbons (Fsp3) is 0.208. The third-order valence-electron chi connectivity index (χ3n) is 5.08. The Bertz CT molecular complexity index is 1230. The molecule has 3 aromatic rings. The van der Waals surface area contributed by atoms with Crippen LogP contribution >= 0.6 is 0 Å². The van der Waals surface area contributed by atoms with Gasteiger partial charge in [-0.3, -0.25) is 9.52 Å². The van der Waals surface area contributed by atoms with Crippen molar-refractivity contribution in [1.29, 1.82) is 0 Å². The van der Waals surface area contributed by atoms with Gasteiger partial charge in [0.1, 0.15) is 11.6 Å². The Kier molecular flexibility index (Phi) is 7.67. The number of rotatable bonds is 9. The first kappa shape index (κ1) is 24.2. The van der Waals surface area contributed by atoms with Crippen molar-refractivity contribution < 1.29 is 22.3 Å². The van der Waals surface area contributed by atoms with Crippen LogP contribution in [0.5, 0.6) is 5.75 Å². The Balaban J connectivity index is 1.75. The first-order valence-corrected chi connectivity index (χ1v) is 11.7. The maximum absolute atomic E-state index is 13.9. The van der Waals surface area contributed by atoms with Gasteiger partial charge in [0.25, 0.3) is 15.9 Å². The number of para-hydroxylation sites is 1. The maximum Gasteiger partial charge on any atom is 0.262 e. The second-order valence-electron chi connectivity index (χ2n) is 7.58. The number of nitrogens with one attached hydrogen (secondary N) is 2. The van der Waals surface area contributed by atoms with Gasteiger partial charge in [0.2, 0.25) is 0 Å². The molecule has 0 spiro atoms. The summed E-state index contributed by atoms with van der Waals surface area (Å²) in [6.45, 7) is 0.295. The van der Waals surface area contributed by atoms with Gasteiger partial charge < -0.3 is 15.0 Å². The summed E-state index contributed by atoms with van der Waals surface area (Å²) in [7, 11) is 1.31. The molecular weight excluding hydrogens is 445 g/mol. The molecule has 1 amide bonds. The van der Waals surface area contributed by atoms with Crippen molar-refractivity contribution in [3.63, 3.8) is 0 Å². The van der Waals surface area contributed by atoms with Crippen LogP contribution in [-0.2, 0) is 10.0 Å². The number of nitrogens with zero attached hydrogens (tertiary/aromatic N) is 1. The average molecular weight is 472 g/mol. The number of halogens is 1. The molecule has 9 heteroatoms. The summed E-state index contributed by atoms with van der Waals surface area (Å²) in [4.78, 5) is 14.6. The predicted octanol–water partition coefficient (Wildman–Crippen LogP) is 3.67. The number of methoxy groups -OCH3 is 1. The number of benzene rings is 3. The molecule has 3 rings (SSSR count). The molecule has 0 aromatic heterocycles. The van der Waals surface area contributed by atoms with E-state index in [4.69, 9.17) is 4.74 Å². The lowest BCUT2D eigenvalue weighted by Gasteiger charge is -2.25. The van der Waals surface area contributed by atoms with E-state index in [-0.39, 0.29) is 22.2 Å². The zero-order chi connectivity index (χ0) is 24.0.